The van der Waals surface area contributed by atoms with Gasteiger partial charge in [-0.05, 0) is 54.2 Å². The highest BCUT2D eigenvalue weighted by Gasteiger charge is 2.41. The molecule has 3 N–H and O–H groups in total. The number of nitrogens with two attached hydrogens (primary N) is 1. The lowest BCUT2D eigenvalue weighted by Gasteiger charge is -2.28. The van der Waals surface area contributed by atoms with Crippen LogP contribution in [0.5, 0.6) is 0 Å². The third-order valence-corrected chi connectivity index (χ3v) is 5.69. The smallest absolute Gasteiger partial charge is 0.0701 e. The van der Waals surface area contributed by atoms with Gasteiger partial charge in [-0.25, -0.2) is 0 Å². The Kier molecular flexibility index (Phi) is 4.83. The number of rotatable bonds is 4. The van der Waals surface area contributed by atoms with E-state index in [-0.39, 0.29) is 12.1 Å². The summed E-state index contributed by atoms with van der Waals surface area (Å²) in [4.78, 5) is 1.35. The largest absolute Gasteiger partial charge is 0.375 e. The number of hydrogen-bond acceptors (Lipinski definition) is 4. The molecule has 0 amide bonds. The van der Waals surface area contributed by atoms with Crippen LogP contribution in [-0.2, 0) is 11.2 Å². The number of nitrogens with one attached hydrogen (secondary N) is 1. The van der Waals surface area contributed by atoms with Gasteiger partial charge >= 0.3 is 0 Å². The van der Waals surface area contributed by atoms with E-state index in [1.165, 1.54) is 8.66 Å². The van der Waals surface area contributed by atoms with Crippen molar-refractivity contribution in [2.24, 2.45) is 17.7 Å². The Morgan fingerprint density at radius 3 is 2.56 bits per heavy atom. The highest BCUT2D eigenvalue weighted by Crippen LogP contribution is 2.36. The first-order valence-electron chi connectivity index (χ1n) is 6.38. The van der Waals surface area contributed by atoms with Crippen LogP contribution in [0.2, 0.25) is 0 Å². The zero-order chi connectivity index (χ0) is 13.3. The number of thiophene rings is 1. The third-order valence-electron chi connectivity index (χ3n) is 4.05. The van der Waals surface area contributed by atoms with Gasteiger partial charge in [0.2, 0.25) is 0 Å². The molecular weight excluding hydrogens is 312 g/mol. The number of hydrogen-bond donors (Lipinski definition) is 2. The van der Waals surface area contributed by atoms with Gasteiger partial charge in [-0.15, -0.1) is 11.3 Å². The van der Waals surface area contributed by atoms with Crippen molar-refractivity contribution in [2.45, 2.75) is 45.4 Å². The van der Waals surface area contributed by atoms with Crippen molar-refractivity contribution in [3.8, 4) is 0 Å². The van der Waals surface area contributed by atoms with Crippen LogP contribution in [0.4, 0.5) is 0 Å². The second-order valence-electron chi connectivity index (χ2n) is 5.17. The Hall–Kier alpha value is 0.0600. The highest BCUT2D eigenvalue weighted by molar-refractivity contribution is 9.11. The molecule has 0 bridgehead atoms. The second kappa shape index (κ2) is 6.01. The van der Waals surface area contributed by atoms with Crippen molar-refractivity contribution < 1.29 is 4.74 Å². The van der Waals surface area contributed by atoms with Crippen LogP contribution in [0, 0.1) is 11.8 Å². The van der Waals surface area contributed by atoms with Crippen LogP contribution >= 0.6 is 27.3 Å². The Morgan fingerprint density at radius 1 is 1.39 bits per heavy atom. The first-order chi connectivity index (χ1) is 8.52. The molecular formula is C13H21BrN2OS. The lowest BCUT2D eigenvalue weighted by molar-refractivity contribution is 0.0476. The summed E-state index contributed by atoms with van der Waals surface area (Å²) in [5.74, 6) is 6.76. The fourth-order valence-electron chi connectivity index (χ4n) is 2.97. The van der Waals surface area contributed by atoms with E-state index in [4.69, 9.17) is 10.6 Å². The zero-order valence-corrected chi connectivity index (χ0v) is 13.4. The maximum Gasteiger partial charge on any atom is 0.0701 e. The summed E-state index contributed by atoms with van der Waals surface area (Å²) in [5, 5.41) is 0. The van der Waals surface area contributed by atoms with Crippen molar-refractivity contribution in [3.05, 3.63) is 20.8 Å². The van der Waals surface area contributed by atoms with E-state index in [2.05, 4.69) is 54.3 Å². The molecule has 102 valence electrons. The van der Waals surface area contributed by atoms with Gasteiger partial charge in [0, 0.05) is 16.8 Å². The number of ether oxygens (including phenoxy) is 1. The topological polar surface area (TPSA) is 47.3 Å². The van der Waals surface area contributed by atoms with Gasteiger partial charge < -0.3 is 4.74 Å². The second-order valence-corrected chi connectivity index (χ2v) is 7.71. The average molecular weight is 333 g/mol. The molecule has 0 saturated carbocycles. The molecule has 1 fully saturated rings. The third kappa shape index (κ3) is 2.96. The van der Waals surface area contributed by atoms with Crippen LogP contribution in [0.1, 0.15) is 25.6 Å². The molecule has 3 nitrogen and oxygen atoms in total. The van der Waals surface area contributed by atoms with E-state index >= 15 is 0 Å². The Balaban J connectivity index is 2.08. The summed E-state index contributed by atoms with van der Waals surface area (Å²) in [6, 6.07) is 4.52. The molecule has 2 rings (SSSR count). The minimum Gasteiger partial charge on any atom is -0.375 e. The van der Waals surface area contributed by atoms with Gasteiger partial charge in [0.25, 0.3) is 0 Å². The maximum atomic E-state index is 5.91. The van der Waals surface area contributed by atoms with E-state index in [9.17, 15) is 0 Å². The molecule has 0 spiro atoms. The van der Waals surface area contributed by atoms with Crippen molar-refractivity contribution in [1.82, 2.24) is 5.43 Å². The first-order valence-corrected chi connectivity index (χ1v) is 7.99. The molecule has 18 heavy (non-hydrogen) atoms. The van der Waals surface area contributed by atoms with Crippen LogP contribution in [0.25, 0.3) is 0 Å². The van der Waals surface area contributed by atoms with Crippen molar-refractivity contribution in [3.63, 3.8) is 0 Å². The molecule has 5 heteroatoms. The first kappa shape index (κ1) is 14.5. The van der Waals surface area contributed by atoms with E-state index in [1.54, 1.807) is 11.3 Å². The van der Waals surface area contributed by atoms with E-state index in [0.717, 1.165) is 6.42 Å². The normalized spacial score (nSPS) is 33.8. The van der Waals surface area contributed by atoms with Crippen LogP contribution in [0.15, 0.2) is 15.9 Å². The lowest BCUT2D eigenvalue weighted by Crippen LogP contribution is -2.46. The van der Waals surface area contributed by atoms with Crippen LogP contribution in [-0.4, -0.2) is 18.2 Å². The van der Waals surface area contributed by atoms with Crippen LogP contribution in [0.3, 0.4) is 0 Å². The Labute approximate surface area is 121 Å². The summed E-state index contributed by atoms with van der Waals surface area (Å²) in [6.45, 7) is 6.56. The molecule has 2 heterocycles. The summed E-state index contributed by atoms with van der Waals surface area (Å²) in [5.41, 5.74) is 2.99. The van der Waals surface area contributed by atoms with Gasteiger partial charge in [-0.1, -0.05) is 6.92 Å². The Bertz CT molecular complexity index is 398. The van der Waals surface area contributed by atoms with Gasteiger partial charge in [-0.2, -0.15) is 0 Å². The minimum absolute atomic E-state index is 0.263. The van der Waals surface area contributed by atoms with Crippen LogP contribution < -0.4 is 11.3 Å². The molecule has 1 saturated heterocycles. The molecule has 1 aromatic rings. The fraction of sp³-hybridized carbons (Fsp3) is 0.692. The molecule has 0 radical (unpaired) electrons. The summed E-state index contributed by atoms with van der Waals surface area (Å²) < 4.78 is 7.08. The lowest BCUT2D eigenvalue weighted by atomic mass is 9.82. The predicted octanol–water partition coefficient (Wildman–Crippen LogP) is 2.94. The van der Waals surface area contributed by atoms with Gasteiger partial charge in [0.05, 0.1) is 16.0 Å². The Morgan fingerprint density at radius 2 is 2.11 bits per heavy atom. The molecule has 1 aliphatic rings. The SMILES string of the molecule is CC1OC(C)C(C(Cc2ccc(Br)s2)NN)C1C. The van der Waals surface area contributed by atoms with E-state index in [0.29, 0.717) is 17.9 Å². The minimum atomic E-state index is 0.263. The molecule has 5 unspecified atom stereocenters. The molecule has 1 aromatic heterocycles. The summed E-state index contributed by atoms with van der Waals surface area (Å²) in [6.07, 6.45) is 1.54. The van der Waals surface area contributed by atoms with Crippen molar-refractivity contribution in [2.75, 3.05) is 0 Å². The van der Waals surface area contributed by atoms with E-state index in [1.807, 2.05) is 0 Å². The zero-order valence-electron chi connectivity index (χ0n) is 11.0. The van der Waals surface area contributed by atoms with Crippen molar-refractivity contribution >= 4 is 27.3 Å². The number of hydrazine groups is 1. The monoisotopic (exact) mass is 332 g/mol. The quantitative estimate of drug-likeness (QED) is 0.658. The van der Waals surface area contributed by atoms with Crippen molar-refractivity contribution in [1.29, 1.82) is 0 Å². The number of halogens is 1. The average Bonchev–Trinajstić information content (AvgIpc) is 2.82. The highest BCUT2D eigenvalue weighted by atomic mass is 79.9. The fourth-order valence-corrected chi connectivity index (χ4v) is 4.51. The molecule has 0 aromatic carbocycles. The molecule has 5 atom stereocenters. The molecule has 1 aliphatic heterocycles. The molecule has 0 aliphatic carbocycles. The summed E-state index contributed by atoms with van der Waals surface area (Å²) in [7, 11) is 0. The van der Waals surface area contributed by atoms with Gasteiger partial charge in [0.1, 0.15) is 0 Å². The van der Waals surface area contributed by atoms with Gasteiger partial charge in [-0.3, -0.25) is 11.3 Å². The van der Waals surface area contributed by atoms with Gasteiger partial charge in [0.15, 0.2) is 0 Å². The maximum absolute atomic E-state index is 5.91. The predicted molar refractivity (Wildman–Crippen MR) is 79.5 cm³/mol. The van der Waals surface area contributed by atoms with E-state index < -0.39 is 0 Å². The standard InChI is InChI=1S/C13H21BrN2OS/c1-7-8(2)17-9(3)13(7)11(16-15)6-10-4-5-12(14)18-10/h4-5,7-9,11,13,16H,6,15H2,1-3H3. The summed E-state index contributed by atoms with van der Waals surface area (Å²) >= 11 is 5.28.